The first-order valence-corrected chi connectivity index (χ1v) is 10.5. The summed E-state index contributed by atoms with van der Waals surface area (Å²) in [4.78, 5) is 17.5. The van der Waals surface area contributed by atoms with Gasteiger partial charge in [0.05, 0.1) is 12.1 Å². The van der Waals surface area contributed by atoms with Gasteiger partial charge in [0.2, 0.25) is 5.91 Å². The maximum Gasteiger partial charge on any atom is 0.243 e. The summed E-state index contributed by atoms with van der Waals surface area (Å²) in [5, 5.41) is 10.7. The molecule has 2 aliphatic rings. The van der Waals surface area contributed by atoms with E-state index in [0.717, 1.165) is 31.5 Å². The van der Waals surface area contributed by atoms with Gasteiger partial charge in [-0.1, -0.05) is 60.7 Å². The normalized spacial score (nSPS) is 25.6. The number of amides is 1. The van der Waals surface area contributed by atoms with Crippen LogP contribution in [0.4, 0.5) is 0 Å². The summed E-state index contributed by atoms with van der Waals surface area (Å²) in [7, 11) is 0. The summed E-state index contributed by atoms with van der Waals surface area (Å²) in [5.74, 6) is 0.626. The Morgan fingerprint density at radius 3 is 2.14 bits per heavy atom. The Morgan fingerprint density at radius 1 is 0.893 bits per heavy atom. The van der Waals surface area contributed by atoms with Crippen LogP contribution in [0.1, 0.15) is 49.3 Å². The maximum absolute atomic E-state index is 13.3. The Morgan fingerprint density at radius 2 is 1.50 bits per heavy atom. The Kier molecular flexibility index (Phi) is 5.79. The second kappa shape index (κ2) is 8.46. The third-order valence-electron chi connectivity index (χ3n) is 6.51. The lowest BCUT2D eigenvalue weighted by Crippen LogP contribution is -2.60. The molecule has 2 heterocycles. The summed E-state index contributed by atoms with van der Waals surface area (Å²) in [5.41, 5.74) is 2.53. The molecule has 1 N–H and O–H groups in total. The van der Waals surface area contributed by atoms with E-state index in [1.54, 1.807) is 0 Å². The Bertz CT molecular complexity index is 772. The molecule has 0 radical (unpaired) electrons. The minimum absolute atomic E-state index is 0.0329. The van der Waals surface area contributed by atoms with E-state index in [1.807, 2.05) is 23.1 Å². The first-order chi connectivity index (χ1) is 13.6. The van der Waals surface area contributed by atoms with Crippen molar-refractivity contribution >= 4 is 5.91 Å². The number of hydrogen-bond donors (Lipinski definition) is 1. The summed E-state index contributed by atoms with van der Waals surface area (Å²) in [6.45, 7) is 4.43. The molecule has 2 aromatic carbocycles. The number of piperidine rings is 2. The molecule has 0 spiro atoms. The molecule has 2 aromatic rings. The van der Waals surface area contributed by atoms with Crippen molar-refractivity contribution in [3.63, 3.8) is 0 Å². The molecule has 4 rings (SSSR count). The Balaban J connectivity index is 1.44. The molecule has 2 fully saturated rings. The van der Waals surface area contributed by atoms with Crippen LogP contribution >= 0.6 is 0 Å². The molecule has 1 amide bonds. The Hall–Kier alpha value is -2.17. The van der Waals surface area contributed by atoms with E-state index in [0.29, 0.717) is 18.9 Å². The lowest BCUT2D eigenvalue weighted by molar-refractivity contribution is -0.150. The molecular weight excluding hydrogens is 348 g/mol. The van der Waals surface area contributed by atoms with Gasteiger partial charge in [0.25, 0.3) is 0 Å². The number of carbonyl (C=O) groups excluding carboxylic acids is 1. The van der Waals surface area contributed by atoms with E-state index in [1.165, 1.54) is 5.56 Å². The quantitative estimate of drug-likeness (QED) is 0.884. The van der Waals surface area contributed by atoms with Crippen LogP contribution in [0, 0.1) is 0 Å². The highest BCUT2D eigenvalue weighted by Gasteiger charge is 2.42. The topological polar surface area (TPSA) is 43.8 Å². The van der Waals surface area contributed by atoms with Gasteiger partial charge < -0.3 is 10.0 Å². The van der Waals surface area contributed by atoms with Gasteiger partial charge in [0.15, 0.2) is 0 Å². The van der Waals surface area contributed by atoms with Gasteiger partial charge in [0.1, 0.15) is 6.04 Å². The van der Waals surface area contributed by atoms with Crippen molar-refractivity contribution in [2.24, 2.45) is 0 Å². The van der Waals surface area contributed by atoms with E-state index in [4.69, 9.17) is 0 Å². The molecule has 4 heteroatoms. The van der Waals surface area contributed by atoms with Gasteiger partial charge in [0, 0.05) is 6.54 Å². The fourth-order valence-corrected chi connectivity index (χ4v) is 4.81. The minimum atomic E-state index is -0.569. The number of rotatable bonds is 4. The SMILES string of the molecule is C[C@@H](c1ccccc1)N1CC[C@@H](O)[C@@H](N2CCC(c3ccccc3)CC2)C1=O. The average Bonchev–Trinajstić information content (AvgIpc) is 2.75. The zero-order valence-electron chi connectivity index (χ0n) is 16.6. The highest BCUT2D eigenvalue weighted by atomic mass is 16.3. The minimum Gasteiger partial charge on any atom is -0.391 e. The molecule has 2 aliphatic heterocycles. The second-order valence-electron chi connectivity index (χ2n) is 8.14. The van der Waals surface area contributed by atoms with Crippen LogP contribution in [0.15, 0.2) is 60.7 Å². The number of hydrogen-bond acceptors (Lipinski definition) is 3. The summed E-state index contributed by atoms with van der Waals surface area (Å²) < 4.78 is 0. The predicted octanol–water partition coefficient (Wildman–Crippen LogP) is 3.59. The van der Waals surface area contributed by atoms with E-state index in [9.17, 15) is 9.90 Å². The highest BCUT2D eigenvalue weighted by Crippen LogP contribution is 2.32. The number of carbonyl (C=O) groups is 1. The monoisotopic (exact) mass is 378 g/mol. The fraction of sp³-hybridized carbons (Fsp3) is 0.458. The molecule has 3 atom stereocenters. The highest BCUT2D eigenvalue weighted by molar-refractivity contribution is 5.84. The molecule has 0 saturated carbocycles. The molecule has 0 aromatic heterocycles. The molecule has 28 heavy (non-hydrogen) atoms. The summed E-state index contributed by atoms with van der Waals surface area (Å²) >= 11 is 0. The Labute approximate surface area is 167 Å². The molecule has 0 bridgehead atoms. The first kappa shape index (κ1) is 19.2. The lowest BCUT2D eigenvalue weighted by atomic mass is 9.87. The number of aliphatic hydroxyl groups excluding tert-OH is 1. The number of nitrogens with zero attached hydrogens (tertiary/aromatic N) is 2. The molecular formula is C24H30N2O2. The number of benzene rings is 2. The van der Waals surface area contributed by atoms with Crippen LogP contribution in [-0.4, -0.2) is 52.6 Å². The van der Waals surface area contributed by atoms with Gasteiger partial charge in [-0.05, 0) is 56.3 Å². The van der Waals surface area contributed by atoms with Crippen molar-refractivity contribution < 1.29 is 9.90 Å². The summed E-state index contributed by atoms with van der Waals surface area (Å²) in [6.07, 6.45) is 2.15. The van der Waals surface area contributed by atoms with E-state index < -0.39 is 12.1 Å². The van der Waals surface area contributed by atoms with E-state index >= 15 is 0 Å². The maximum atomic E-state index is 13.3. The van der Waals surface area contributed by atoms with Crippen molar-refractivity contribution in [2.45, 2.75) is 50.3 Å². The van der Waals surface area contributed by atoms with Crippen LogP contribution in [0.3, 0.4) is 0 Å². The van der Waals surface area contributed by atoms with Gasteiger partial charge in [-0.25, -0.2) is 0 Å². The smallest absolute Gasteiger partial charge is 0.243 e. The van der Waals surface area contributed by atoms with Crippen LogP contribution in [-0.2, 0) is 4.79 Å². The van der Waals surface area contributed by atoms with Gasteiger partial charge >= 0.3 is 0 Å². The summed E-state index contributed by atoms with van der Waals surface area (Å²) in [6, 6.07) is 20.4. The van der Waals surface area contributed by atoms with Crippen LogP contribution in [0.2, 0.25) is 0 Å². The molecule has 4 nitrogen and oxygen atoms in total. The first-order valence-electron chi connectivity index (χ1n) is 10.5. The van der Waals surface area contributed by atoms with Gasteiger partial charge in [-0.3, -0.25) is 9.69 Å². The second-order valence-corrected chi connectivity index (χ2v) is 8.14. The fourth-order valence-electron chi connectivity index (χ4n) is 4.81. The van der Waals surface area contributed by atoms with Crippen molar-refractivity contribution in [2.75, 3.05) is 19.6 Å². The van der Waals surface area contributed by atoms with Gasteiger partial charge in [-0.2, -0.15) is 0 Å². The van der Waals surface area contributed by atoms with Crippen LogP contribution in [0.5, 0.6) is 0 Å². The van der Waals surface area contributed by atoms with Crippen LogP contribution < -0.4 is 0 Å². The standard InChI is InChI=1S/C24H30N2O2/c1-18(19-8-4-2-5-9-19)26-17-14-22(27)23(24(26)28)25-15-12-21(13-16-25)20-10-6-3-7-11-20/h2-11,18,21-23,27H,12-17H2,1H3/t18-,22+,23+/m0/s1. The van der Waals surface area contributed by atoms with Crippen LogP contribution in [0.25, 0.3) is 0 Å². The zero-order valence-corrected chi connectivity index (χ0v) is 16.6. The number of aliphatic hydroxyl groups is 1. The third kappa shape index (κ3) is 3.85. The average molecular weight is 379 g/mol. The third-order valence-corrected chi connectivity index (χ3v) is 6.51. The van der Waals surface area contributed by atoms with E-state index in [-0.39, 0.29) is 11.9 Å². The van der Waals surface area contributed by atoms with E-state index in [2.05, 4.69) is 54.3 Å². The molecule has 148 valence electrons. The lowest BCUT2D eigenvalue weighted by Gasteiger charge is -2.45. The van der Waals surface area contributed by atoms with Gasteiger partial charge in [-0.15, -0.1) is 0 Å². The van der Waals surface area contributed by atoms with Crippen molar-refractivity contribution in [1.82, 2.24) is 9.80 Å². The predicted molar refractivity (Wildman–Crippen MR) is 111 cm³/mol. The zero-order chi connectivity index (χ0) is 19.5. The largest absolute Gasteiger partial charge is 0.391 e. The van der Waals surface area contributed by atoms with Crippen molar-refractivity contribution in [3.05, 3.63) is 71.8 Å². The molecule has 2 saturated heterocycles. The number of likely N-dealkylation sites (tertiary alicyclic amines) is 2. The van der Waals surface area contributed by atoms with Crippen molar-refractivity contribution in [3.8, 4) is 0 Å². The molecule has 0 aliphatic carbocycles. The van der Waals surface area contributed by atoms with Crippen molar-refractivity contribution in [1.29, 1.82) is 0 Å². The molecule has 0 unspecified atom stereocenters.